The minimum Gasteiger partial charge on any atom is -0.463 e. The van der Waals surface area contributed by atoms with Gasteiger partial charge in [-0.15, -0.1) is 0 Å². The van der Waals surface area contributed by atoms with Crippen LogP contribution in [0.4, 0.5) is 5.69 Å². The lowest BCUT2D eigenvalue weighted by atomic mass is 10.3. The predicted molar refractivity (Wildman–Crippen MR) is 72.2 cm³/mol. The van der Waals surface area contributed by atoms with Crippen molar-refractivity contribution in [3.05, 3.63) is 36.4 Å². The number of ether oxygens (including phenoxy) is 1. The van der Waals surface area contributed by atoms with Crippen LogP contribution in [0.15, 0.2) is 41.3 Å². The Kier molecular flexibility index (Phi) is 5.42. The van der Waals surface area contributed by atoms with E-state index in [-0.39, 0.29) is 11.5 Å². The SMILES string of the molecule is CCOC(=O)/C=C/C(=O)Nc1ccc(S(N)(=O)=O)cc1. The van der Waals surface area contributed by atoms with E-state index in [4.69, 9.17) is 5.14 Å². The largest absolute Gasteiger partial charge is 0.463 e. The molecule has 0 unspecified atom stereocenters. The number of rotatable bonds is 5. The molecule has 1 rings (SSSR count). The van der Waals surface area contributed by atoms with Gasteiger partial charge in [0.25, 0.3) is 0 Å². The molecule has 0 aromatic heterocycles. The molecule has 1 amide bonds. The third-order valence-corrected chi connectivity index (χ3v) is 3.04. The Labute approximate surface area is 116 Å². The van der Waals surface area contributed by atoms with Crippen molar-refractivity contribution in [3.63, 3.8) is 0 Å². The monoisotopic (exact) mass is 298 g/mol. The molecular formula is C12H14N2O5S. The molecule has 108 valence electrons. The minimum atomic E-state index is -3.76. The summed E-state index contributed by atoms with van der Waals surface area (Å²) in [6.07, 6.45) is 2.02. The van der Waals surface area contributed by atoms with Crippen molar-refractivity contribution >= 4 is 27.6 Å². The number of primary sulfonamides is 1. The van der Waals surface area contributed by atoms with Gasteiger partial charge in [-0.1, -0.05) is 0 Å². The zero-order valence-corrected chi connectivity index (χ0v) is 11.5. The molecule has 0 aliphatic carbocycles. The first-order valence-corrected chi connectivity index (χ1v) is 7.16. The van der Waals surface area contributed by atoms with Crippen LogP contribution in [-0.4, -0.2) is 26.9 Å². The van der Waals surface area contributed by atoms with Crippen LogP contribution in [0.25, 0.3) is 0 Å². The fraction of sp³-hybridized carbons (Fsp3) is 0.167. The molecule has 0 atom stereocenters. The van der Waals surface area contributed by atoms with Crippen molar-refractivity contribution in [2.24, 2.45) is 5.14 Å². The zero-order valence-electron chi connectivity index (χ0n) is 10.7. The lowest BCUT2D eigenvalue weighted by Gasteiger charge is -2.03. The van der Waals surface area contributed by atoms with E-state index in [2.05, 4.69) is 10.1 Å². The number of sulfonamides is 1. The van der Waals surface area contributed by atoms with E-state index in [0.717, 1.165) is 12.2 Å². The van der Waals surface area contributed by atoms with Crippen molar-refractivity contribution in [3.8, 4) is 0 Å². The van der Waals surface area contributed by atoms with Crippen LogP contribution >= 0.6 is 0 Å². The summed E-state index contributed by atoms with van der Waals surface area (Å²) in [4.78, 5) is 22.4. The lowest BCUT2D eigenvalue weighted by molar-refractivity contribution is -0.137. The third-order valence-electron chi connectivity index (χ3n) is 2.11. The molecule has 7 nitrogen and oxygen atoms in total. The molecule has 0 aliphatic rings. The molecule has 0 saturated heterocycles. The highest BCUT2D eigenvalue weighted by Gasteiger charge is 2.07. The summed E-state index contributed by atoms with van der Waals surface area (Å²) in [6, 6.07) is 5.30. The highest BCUT2D eigenvalue weighted by Crippen LogP contribution is 2.12. The number of esters is 1. The molecule has 0 fully saturated rings. The topological polar surface area (TPSA) is 116 Å². The quantitative estimate of drug-likeness (QED) is 0.602. The zero-order chi connectivity index (χ0) is 15.2. The average Bonchev–Trinajstić information content (AvgIpc) is 2.36. The predicted octanol–water partition coefficient (Wildman–Crippen LogP) is 0.392. The molecule has 1 aromatic carbocycles. The van der Waals surface area contributed by atoms with Crippen LogP contribution < -0.4 is 10.5 Å². The van der Waals surface area contributed by atoms with Crippen molar-refractivity contribution in [2.45, 2.75) is 11.8 Å². The van der Waals surface area contributed by atoms with Crippen LogP contribution in [0.2, 0.25) is 0 Å². The van der Waals surface area contributed by atoms with Crippen LogP contribution in [0.5, 0.6) is 0 Å². The Morgan fingerprint density at radius 1 is 1.25 bits per heavy atom. The Balaban J connectivity index is 2.65. The maximum Gasteiger partial charge on any atom is 0.330 e. The second-order valence-corrected chi connectivity index (χ2v) is 5.21. The number of carbonyl (C=O) groups is 2. The van der Waals surface area contributed by atoms with Crippen molar-refractivity contribution in [1.29, 1.82) is 0 Å². The van der Waals surface area contributed by atoms with E-state index in [0.29, 0.717) is 5.69 Å². The number of amides is 1. The molecule has 0 radical (unpaired) electrons. The Hall–Kier alpha value is -2.19. The molecule has 0 aliphatic heterocycles. The first-order valence-electron chi connectivity index (χ1n) is 5.61. The second kappa shape index (κ2) is 6.83. The molecule has 20 heavy (non-hydrogen) atoms. The molecule has 8 heteroatoms. The maximum atomic E-state index is 11.5. The van der Waals surface area contributed by atoms with Crippen LogP contribution in [-0.2, 0) is 24.3 Å². The van der Waals surface area contributed by atoms with E-state index >= 15 is 0 Å². The number of hydrogen-bond donors (Lipinski definition) is 2. The Bertz CT molecular complexity index is 620. The molecule has 0 saturated carbocycles. The normalized spacial score (nSPS) is 11.3. The fourth-order valence-electron chi connectivity index (χ4n) is 1.25. The van der Waals surface area contributed by atoms with Gasteiger partial charge in [-0.3, -0.25) is 4.79 Å². The van der Waals surface area contributed by atoms with Gasteiger partial charge in [-0.2, -0.15) is 0 Å². The van der Waals surface area contributed by atoms with Gasteiger partial charge in [-0.05, 0) is 31.2 Å². The Morgan fingerprint density at radius 3 is 2.35 bits per heavy atom. The maximum absolute atomic E-state index is 11.5. The van der Waals surface area contributed by atoms with Gasteiger partial charge in [0.05, 0.1) is 11.5 Å². The van der Waals surface area contributed by atoms with Gasteiger partial charge in [0, 0.05) is 17.8 Å². The number of nitrogens with two attached hydrogens (primary N) is 1. The van der Waals surface area contributed by atoms with Gasteiger partial charge in [0.2, 0.25) is 15.9 Å². The molecular weight excluding hydrogens is 284 g/mol. The third kappa shape index (κ3) is 5.21. The van der Waals surface area contributed by atoms with Crippen molar-refractivity contribution < 1.29 is 22.7 Å². The standard InChI is InChI=1S/C12H14N2O5S/c1-2-19-12(16)8-7-11(15)14-9-3-5-10(6-4-9)20(13,17)18/h3-8H,2H2,1H3,(H,14,15)(H2,13,17,18)/b8-7+. The molecule has 0 spiro atoms. The highest BCUT2D eigenvalue weighted by molar-refractivity contribution is 7.89. The fourth-order valence-corrected chi connectivity index (χ4v) is 1.76. The highest BCUT2D eigenvalue weighted by atomic mass is 32.2. The minimum absolute atomic E-state index is 0.0578. The van der Waals surface area contributed by atoms with Gasteiger partial charge in [0.15, 0.2) is 0 Å². The van der Waals surface area contributed by atoms with Crippen LogP contribution in [0.3, 0.4) is 0 Å². The summed E-state index contributed by atoms with van der Waals surface area (Å²) in [5, 5.41) is 7.39. The van der Waals surface area contributed by atoms with Crippen LogP contribution in [0, 0.1) is 0 Å². The number of carbonyl (C=O) groups excluding carboxylic acids is 2. The summed E-state index contributed by atoms with van der Waals surface area (Å²) in [7, 11) is -3.76. The molecule has 3 N–H and O–H groups in total. The number of anilines is 1. The first kappa shape index (κ1) is 15.9. The smallest absolute Gasteiger partial charge is 0.330 e. The average molecular weight is 298 g/mol. The number of benzene rings is 1. The van der Waals surface area contributed by atoms with Crippen LogP contribution in [0.1, 0.15) is 6.92 Å². The van der Waals surface area contributed by atoms with Gasteiger partial charge >= 0.3 is 5.97 Å². The van der Waals surface area contributed by atoms with E-state index in [9.17, 15) is 18.0 Å². The van der Waals surface area contributed by atoms with E-state index in [1.54, 1.807) is 6.92 Å². The van der Waals surface area contributed by atoms with Crippen molar-refractivity contribution in [1.82, 2.24) is 0 Å². The first-order chi connectivity index (χ1) is 9.32. The van der Waals surface area contributed by atoms with E-state index in [1.165, 1.54) is 24.3 Å². The number of nitrogens with one attached hydrogen (secondary N) is 1. The molecule has 0 bridgehead atoms. The van der Waals surface area contributed by atoms with Gasteiger partial charge in [0.1, 0.15) is 0 Å². The molecule has 0 heterocycles. The summed E-state index contributed by atoms with van der Waals surface area (Å²) in [5.41, 5.74) is 0.371. The Morgan fingerprint density at radius 2 is 1.85 bits per heavy atom. The van der Waals surface area contributed by atoms with Gasteiger partial charge in [-0.25, -0.2) is 18.4 Å². The van der Waals surface area contributed by atoms with Gasteiger partial charge < -0.3 is 10.1 Å². The van der Waals surface area contributed by atoms with E-state index < -0.39 is 21.9 Å². The van der Waals surface area contributed by atoms with Crippen molar-refractivity contribution in [2.75, 3.05) is 11.9 Å². The summed E-state index contributed by atoms with van der Waals surface area (Å²) in [6.45, 7) is 1.87. The molecule has 1 aromatic rings. The summed E-state index contributed by atoms with van der Waals surface area (Å²) in [5.74, 6) is -1.16. The summed E-state index contributed by atoms with van der Waals surface area (Å²) >= 11 is 0. The summed E-state index contributed by atoms with van der Waals surface area (Å²) < 4.78 is 26.7. The lowest BCUT2D eigenvalue weighted by Crippen LogP contribution is -2.13. The second-order valence-electron chi connectivity index (χ2n) is 3.64. The van der Waals surface area contributed by atoms with E-state index in [1.807, 2.05) is 0 Å². The number of hydrogen-bond acceptors (Lipinski definition) is 5.